The summed E-state index contributed by atoms with van der Waals surface area (Å²) in [6.45, 7) is 2.72. The van der Waals surface area contributed by atoms with Crippen LogP contribution in [0.1, 0.15) is 10.4 Å². The number of nitrogens with zero attached hydrogens (tertiary/aromatic N) is 3. The molecular formula is C24H19ClFN3O2. The molecular weight excluding hydrogens is 417 g/mol. The van der Waals surface area contributed by atoms with Crippen LogP contribution in [0.4, 0.5) is 10.1 Å². The number of fused-ring (bicyclic) bond motifs is 1. The molecule has 0 spiro atoms. The molecule has 156 valence electrons. The second-order valence-corrected chi connectivity index (χ2v) is 7.95. The Morgan fingerprint density at radius 1 is 0.968 bits per heavy atom. The molecule has 0 aliphatic carbocycles. The van der Waals surface area contributed by atoms with E-state index in [0.29, 0.717) is 40.5 Å². The highest BCUT2D eigenvalue weighted by Gasteiger charge is 2.23. The first-order valence-corrected chi connectivity index (χ1v) is 10.4. The van der Waals surface area contributed by atoms with Crippen LogP contribution in [0.15, 0.2) is 71.3 Å². The molecule has 1 amide bonds. The second-order valence-electron chi connectivity index (χ2n) is 7.51. The van der Waals surface area contributed by atoms with Gasteiger partial charge in [-0.3, -0.25) is 4.79 Å². The van der Waals surface area contributed by atoms with Gasteiger partial charge in [0.05, 0.1) is 5.39 Å². The lowest BCUT2D eigenvalue weighted by atomic mass is 10.1. The second kappa shape index (κ2) is 8.04. The molecule has 5 rings (SSSR count). The molecule has 1 aliphatic rings. The molecule has 0 N–H and O–H groups in total. The van der Waals surface area contributed by atoms with Crippen molar-refractivity contribution in [3.8, 4) is 11.3 Å². The van der Waals surface area contributed by atoms with Gasteiger partial charge in [-0.2, -0.15) is 0 Å². The minimum atomic E-state index is -0.319. The van der Waals surface area contributed by atoms with Crippen LogP contribution in [0, 0.1) is 5.82 Å². The van der Waals surface area contributed by atoms with E-state index >= 15 is 0 Å². The van der Waals surface area contributed by atoms with Gasteiger partial charge in [0, 0.05) is 48.0 Å². The van der Waals surface area contributed by atoms with Crippen molar-refractivity contribution < 1.29 is 13.7 Å². The van der Waals surface area contributed by atoms with Gasteiger partial charge in [-0.05, 0) is 60.7 Å². The summed E-state index contributed by atoms with van der Waals surface area (Å²) in [6.07, 6.45) is 0. The van der Waals surface area contributed by atoms with Crippen LogP contribution < -0.4 is 4.90 Å². The zero-order valence-corrected chi connectivity index (χ0v) is 17.3. The van der Waals surface area contributed by atoms with E-state index in [2.05, 4.69) is 10.1 Å². The van der Waals surface area contributed by atoms with E-state index in [1.165, 1.54) is 12.1 Å². The normalized spacial score (nSPS) is 14.3. The van der Waals surface area contributed by atoms with E-state index in [4.69, 9.17) is 16.1 Å². The number of hydrogen-bond acceptors (Lipinski definition) is 4. The van der Waals surface area contributed by atoms with Gasteiger partial charge in [-0.15, -0.1) is 0 Å². The minimum Gasteiger partial charge on any atom is -0.368 e. The van der Waals surface area contributed by atoms with Crippen LogP contribution >= 0.6 is 11.6 Å². The first-order valence-electron chi connectivity index (χ1n) is 10.0. The van der Waals surface area contributed by atoms with E-state index in [9.17, 15) is 9.18 Å². The summed E-state index contributed by atoms with van der Waals surface area (Å²) < 4.78 is 18.7. The number of aromatic nitrogens is 1. The van der Waals surface area contributed by atoms with Crippen LogP contribution in [-0.2, 0) is 0 Å². The lowest BCUT2D eigenvalue weighted by Gasteiger charge is -2.36. The van der Waals surface area contributed by atoms with E-state index in [0.717, 1.165) is 24.2 Å². The molecule has 0 radical (unpaired) electrons. The third-order valence-corrected chi connectivity index (χ3v) is 5.81. The van der Waals surface area contributed by atoms with Gasteiger partial charge < -0.3 is 14.3 Å². The highest BCUT2D eigenvalue weighted by Crippen LogP contribution is 2.30. The van der Waals surface area contributed by atoms with Crippen molar-refractivity contribution in [3.63, 3.8) is 0 Å². The zero-order chi connectivity index (χ0) is 21.4. The van der Waals surface area contributed by atoms with Crippen molar-refractivity contribution in [1.29, 1.82) is 0 Å². The van der Waals surface area contributed by atoms with Crippen molar-refractivity contribution in [1.82, 2.24) is 10.1 Å². The summed E-state index contributed by atoms with van der Waals surface area (Å²) in [6, 6.07) is 19.1. The fraction of sp³-hybridized carbons (Fsp3) is 0.167. The molecule has 5 nitrogen and oxygen atoms in total. The first-order chi connectivity index (χ1) is 15.1. The van der Waals surface area contributed by atoms with Gasteiger partial charge >= 0.3 is 0 Å². The SMILES string of the molecule is O=C(c1ccc2noc(-c3ccc(F)cc3)c2c1)N1CCN(c2cccc(Cl)c2)CC1. The average molecular weight is 436 g/mol. The molecule has 1 saturated heterocycles. The van der Waals surface area contributed by atoms with Crippen molar-refractivity contribution in [2.45, 2.75) is 0 Å². The zero-order valence-electron chi connectivity index (χ0n) is 16.6. The molecule has 7 heteroatoms. The topological polar surface area (TPSA) is 49.6 Å². The molecule has 3 aromatic carbocycles. The average Bonchev–Trinajstić information content (AvgIpc) is 3.22. The molecule has 1 fully saturated rings. The number of halogens is 2. The summed E-state index contributed by atoms with van der Waals surface area (Å²) in [4.78, 5) is 17.2. The number of carbonyl (C=O) groups is 1. The van der Waals surface area contributed by atoms with Crippen LogP contribution in [0.2, 0.25) is 5.02 Å². The number of benzene rings is 3. The lowest BCUT2D eigenvalue weighted by molar-refractivity contribution is 0.0747. The maximum Gasteiger partial charge on any atom is 0.254 e. The van der Waals surface area contributed by atoms with E-state index in [-0.39, 0.29) is 11.7 Å². The Kier molecular flexibility index (Phi) is 5.08. The number of amides is 1. The first kappa shape index (κ1) is 19.6. The highest BCUT2D eigenvalue weighted by molar-refractivity contribution is 6.30. The van der Waals surface area contributed by atoms with Gasteiger partial charge in [-0.1, -0.05) is 22.8 Å². The van der Waals surface area contributed by atoms with Crippen LogP contribution in [-0.4, -0.2) is 42.1 Å². The van der Waals surface area contributed by atoms with Crippen LogP contribution in [0.25, 0.3) is 22.2 Å². The molecule has 31 heavy (non-hydrogen) atoms. The number of carbonyl (C=O) groups excluding carboxylic acids is 1. The van der Waals surface area contributed by atoms with Crippen molar-refractivity contribution in [2.24, 2.45) is 0 Å². The number of piperazine rings is 1. The Bertz CT molecular complexity index is 1250. The van der Waals surface area contributed by atoms with E-state index in [1.807, 2.05) is 29.2 Å². The summed E-state index contributed by atoms with van der Waals surface area (Å²) in [5.41, 5.74) is 3.01. The van der Waals surface area contributed by atoms with Gasteiger partial charge in [0.2, 0.25) is 0 Å². The maximum atomic E-state index is 13.3. The number of anilines is 1. The summed E-state index contributed by atoms with van der Waals surface area (Å²) in [5.74, 6) is 0.176. The number of hydrogen-bond donors (Lipinski definition) is 0. The molecule has 4 aromatic rings. The molecule has 2 heterocycles. The van der Waals surface area contributed by atoms with Gasteiger partial charge in [0.25, 0.3) is 5.91 Å². The Hall–Kier alpha value is -3.38. The maximum absolute atomic E-state index is 13.3. The fourth-order valence-corrected chi connectivity index (χ4v) is 4.09. The Morgan fingerprint density at radius 3 is 2.48 bits per heavy atom. The van der Waals surface area contributed by atoms with Gasteiger partial charge in [0.15, 0.2) is 5.76 Å². The van der Waals surface area contributed by atoms with E-state index in [1.54, 1.807) is 30.3 Å². The molecule has 0 bridgehead atoms. The third-order valence-electron chi connectivity index (χ3n) is 5.57. The van der Waals surface area contributed by atoms with E-state index < -0.39 is 0 Å². The fourth-order valence-electron chi connectivity index (χ4n) is 3.91. The lowest BCUT2D eigenvalue weighted by Crippen LogP contribution is -2.48. The predicted octanol–water partition coefficient (Wildman–Crippen LogP) is 5.25. The Morgan fingerprint density at radius 2 is 1.74 bits per heavy atom. The van der Waals surface area contributed by atoms with Crippen molar-refractivity contribution >= 4 is 34.1 Å². The Labute approximate surface area is 183 Å². The van der Waals surface area contributed by atoms with Crippen molar-refractivity contribution in [2.75, 3.05) is 31.1 Å². The molecule has 1 aromatic heterocycles. The van der Waals surface area contributed by atoms with Gasteiger partial charge in [-0.25, -0.2) is 4.39 Å². The molecule has 0 saturated carbocycles. The molecule has 1 aliphatic heterocycles. The smallest absolute Gasteiger partial charge is 0.254 e. The highest BCUT2D eigenvalue weighted by atomic mass is 35.5. The van der Waals surface area contributed by atoms with Gasteiger partial charge in [0.1, 0.15) is 11.3 Å². The minimum absolute atomic E-state index is 0.0288. The molecule has 0 unspecified atom stereocenters. The Balaban J connectivity index is 1.35. The molecule has 0 atom stereocenters. The summed E-state index contributed by atoms with van der Waals surface area (Å²) >= 11 is 6.10. The summed E-state index contributed by atoms with van der Waals surface area (Å²) in [7, 11) is 0. The third kappa shape index (κ3) is 3.86. The predicted molar refractivity (Wildman–Crippen MR) is 119 cm³/mol. The monoisotopic (exact) mass is 435 g/mol. The quantitative estimate of drug-likeness (QED) is 0.441. The van der Waals surface area contributed by atoms with Crippen molar-refractivity contribution in [3.05, 3.63) is 83.1 Å². The summed E-state index contributed by atoms with van der Waals surface area (Å²) in [5, 5.41) is 5.51. The van der Waals surface area contributed by atoms with Crippen LogP contribution in [0.3, 0.4) is 0 Å². The largest absolute Gasteiger partial charge is 0.368 e. The number of rotatable bonds is 3. The standard InChI is InChI=1S/C24H19ClFN3O2/c25-18-2-1-3-20(15-18)28-10-12-29(13-11-28)24(30)17-6-9-22-21(14-17)23(31-27-22)16-4-7-19(26)8-5-16/h1-9,14-15H,10-13H2. The van der Waals surface area contributed by atoms with Crippen LogP contribution in [0.5, 0.6) is 0 Å².